The van der Waals surface area contributed by atoms with Gasteiger partial charge in [-0.15, -0.1) is 0 Å². The summed E-state index contributed by atoms with van der Waals surface area (Å²) in [5.41, 5.74) is 7.54. The number of hydrogen-bond donors (Lipinski definition) is 2. The first-order valence-corrected chi connectivity index (χ1v) is 6.64. The molecule has 0 spiro atoms. The molecule has 0 aliphatic heterocycles. The molecule has 0 unspecified atom stereocenters. The summed E-state index contributed by atoms with van der Waals surface area (Å²) >= 11 is 0. The zero-order valence-electron chi connectivity index (χ0n) is 12.0. The third kappa shape index (κ3) is 3.63. The molecule has 0 saturated carbocycles. The van der Waals surface area contributed by atoms with E-state index in [1.54, 1.807) is 6.92 Å². The normalized spacial score (nSPS) is 10.8. The van der Waals surface area contributed by atoms with Crippen LogP contribution in [0.2, 0.25) is 0 Å². The summed E-state index contributed by atoms with van der Waals surface area (Å²) in [5.74, 6) is 1.95. The van der Waals surface area contributed by atoms with E-state index < -0.39 is 0 Å². The number of ether oxygens (including phenoxy) is 1. The van der Waals surface area contributed by atoms with E-state index in [4.69, 9.17) is 15.0 Å². The van der Waals surface area contributed by atoms with Crippen LogP contribution in [0, 0.1) is 6.92 Å². The number of nitrogens with two attached hydrogens (primary N) is 1. The topological polar surface area (TPSA) is 86.2 Å². The maximum absolute atomic E-state index is 6.08. The fourth-order valence-electron chi connectivity index (χ4n) is 1.81. The number of nitrogens with zero attached hydrogens (tertiary/aromatic N) is 2. The summed E-state index contributed by atoms with van der Waals surface area (Å²) in [6.07, 6.45) is 0.765. The fourth-order valence-corrected chi connectivity index (χ4v) is 1.81. The number of nitrogens with one attached hydrogen (secondary N) is 1. The molecule has 108 valence electrons. The standard InChI is InChI=1S/C14H20N4O2/c1-9(2)19-12-6-4-5-11(14(12)15)16-8-7-13-17-10(3)20-18-13/h4-6,9,16H,7-8,15H2,1-3H3. The van der Waals surface area contributed by atoms with E-state index in [0.717, 1.165) is 5.69 Å². The number of nitrogen functional groups attached to an aromatic ring is 1. The van der Waals surface area contributed by atoms with Crippen LogP contribution >= 0.6 is 0 Å². The molecular weight excluding hydrogens is 256 g/mol. The molecule has 0 saturated heterocycles. The lowest BCUT2D eigenvalue weighted by Gasteiger charge is -2.15. The number of aromatic nitrogens is 2. The van der Waals surface area contributed by atoms with E-state index in [9.17, 15) is 0 Å². The van der Waals surface area contributed by atoms with Gasteiger partial charge in [0.05, 0.1) is 17.5 Å². The van der Waals surface area contributed by atoms with Crippen LogP contribution in [0.5, 0.6) is 5.75 Å². The molecule has 0 aliphatic carbocycles. The van der Waals surface area contributed by atoms with Gasteiger partial charge >= 0.3 is 0 Å². The average Bonchev–Trinajstić information content (AvgIpc) is 2.79. The van der Waals surface area contributed by atoms with Gasteiger partial charge in [0.15, 0.2) is 5.82 Å². The Kier molecular flexibility index (Phi) is 4.45. The SMILES string of the molecule is Cc1nc(CCNc2cccc(OC(C)C)c2N)no1. The van der Waals surface area contributed by atoms with Gasteiger partial charge in [0, 0.05) is 19.9 Å². The molecule has 0 bridgehead atoms. The lowest BCUT2D eigenvalue weighted by molar-refractivity contribution is 0.244. The molecular formula is C14H20N4O2. The van der Waals surface area contributed by atoms with Crippen molar-refractivity contribution in [1.82, 2.24) is 10.1 Å². The lowest BCUT2D eigenvalue weighted by atomic mass is 10.2. The van der Waals surface area contributed by atoms with Gasteiger partial charge in [0.25, 0.3) is 0 Å². The monoisotopic (exact) mass is 276 g/mol. The second-order valence-corrected chi connectivity index (χ2v) is 4.79. The molecule has 0 atom stereocenters. The van der Waals surface area contributed by atoms with Crippen molar-refractivity contribution in [3.63, 3.8) is 0 Å². The Morgan fingerprint density at radius 1 is 1.40 bits per heavy atom. The molecule has 20 heavy (non-hydrogen) atoms. The van der Waals surface area contributed by atoms with Crippen LogP contribution in [-0.2, 0) is 6.42 Å². The maximum Gasteiger partial charge on any atom is 0.223 e. The molecule has 3 N–H and O–H groups in total. The maximum atomic E-state index is 6.08. The number of aryl methyl sites for hydroxylation is 1. The van der Waals surface area contributed by atoms with Crippen LogP contribution in [0.25, 0.3) is 0 Å². The third-order valence-electron chi connectivity index (χ3n) is 2.66. The summed E-state index contributed by atoms with van der Waals surface area (Å²) in [6, 6.07) is 5.70. The van der Waals surface area contributed by atoms with Crippen molar-refractivity contribution in [1.29, 1.82) is 0 Å². The van der Waals surface area contributed by atoms with E-state index in [1.165, 1.54) is 0 Å². The van der Waals surface area contributed by atoms with E-state index >= 15 is 0 Å². The predicted octanol–water partition coefficient (Wildman–Crippen LogP) is 2.40. The van der Waals surface area contributed by atoms with Crippen LogP contribution in [0.3, 0.4) is 0 Å². The van der Waals surface area contributed by atoms with Gasteiger partial charge in [-0.05, 0) is 26.0 Å². The van der Waals surface area contributed by atoms with Crippen molar-refractivity contribution in [2.45, 2.75) is 33.3 Å². The van der Waals surface area contributed by atoms with Crippen molar-refractivity contribution in [2.75, 3.05) is 17.6 Å². The second-order valence-electron chi connectivity index (χ2n) is 4.79. The molecule has 0 amide bonds. The highest BCUT2D eigenvalue weighted by molar-refractivity contribution is 5.72. The third-order valence-corrected chi connectivity index (χ3v) is 2.66. The second kappa shape index (κ2) is 6.27. The zero-order chi connectivity index (χ0) is 14.5. The van der Waals surface area contributed by atoms with E-state index in [1.807, 2.05) is 32.0 Å². The van der Waals surface area contributed by atoms with Gasteiger partial charge in [-0.3, -0.25) is 0 Å². The van der Waals surface area contributed by atoms with Gasteiger partial charge in [0.1, 0.15) is 5.75 Å². The van der Waals surface area contributed by atoms with Gasteiger partial charge in [-0.1, -0.05) is 11.2 Å². The first-order valence-electron chi connectivity index (χ1n) is 6.64. The minimum absolute atomic E-state index is 0.0925. The molecule has 1 aromatic carbocycles. The van der Waals surface area contributed by atoms with Crippen LogP contribution in [0.4, 0.5) is 11.4 Å². The van der Waals surface area contributed by atoms with Crippen molar-refractivity contribution in [3.8, 4) is 5.75 Å². The van der Waals surface area contributed by atoms with Crippen LogP contribution in [0.1, 0.15) is 25.6 Å². The Morgan fingerprint density at radius 3 is 2.85 bits per heavy atom. The molecule has 6 heteroatoms. The van der Waals surface area contributed by atoms with Gasteiger partial charge < -0.3 is 20.3 Å². The van der Waals surface area contributed by atoms with Crippen molar-refractivity contribution < 1.29 is 9.26 Å². The van der Waals surface area contributed by atoms with Crippen LogP contribution < -0.4 is 15.8 Å². The number of anilines is 2. The summed E-state index contributed by atoms with van der Waals surface area (Å²) in [5, 5.41) is 7.10. The minimum atomic E-state index is 0.0925. The molecule has 2 rings (SSSR count). The summed E-state index contributed by atoms with van der Waals surface area (Å²) in [7, 11) is 0. The Balaban J connectivity index is 1.95. The molecule has 6 nitrogen and oxygen atoms in total. The van der Waals surface area contributed by atoms with Gasteiger partial charge in [-0.25, -0.2) is 0 Å². The largest absolute Gasteiger partial charge is 0.489 e. The van der Waals surface area contributed by atoms with Crippen LogP contribution in [0.15, 0.2) is 22.7 Å². The fraction of sp³-hybridized carbons (Fsp3) is 0.429. The van der Waals surface area contributed by atoms with E-state index in [0.29, 0.717) is 36.1 Å². The molecule has 1 aromatic heterocycles. The lowest BCUT2D eigenvalue weighted by Crippen LogP contribution is -2.11. The van der Waals surface area contributed by atoms with E-state index in [2.05, 4.69) is 15.5 Å². The highest BCUT2D eigenvalue weighted by Gasteiger charge is 2.08. The Bertz CT molecular complexity index is 566. The highest BCUT2D eigenvalue weighted by atomic mass is 16.5. The smallest absolute Gasteiger partial charge is 0.223 e. The summed E-state index contributed by atoms with van der Waals surface area (Å²) in [6.45, 7) is 6.39. The van der Waals surface area contributed by atoms with Crippen molar-refractivity contribution >= 4 is 11.4 Å². The first kappa shape index (κ1) is 14.2. The minimum Gasteiger partial charge on any atom is -0.489 e. The van der Waals surface area contributed by atoms with Crippen molar-refractivity contribution in [3.05, 3.63) is 29.9 Å². The van der Waals surface area contributed by atoms with Gasteiger partial charge in [0.2, 0.25) is 5.89 Å². The van der Waals surface area contributed by atoms with Crippen LogP contribution in [-0.4, -0.2) is 22.8 Å². The Labute approximate surface area is 118 Å². The Morgan fingerprint density at radius 2 is 2.20 bits per heavy atom. The Hall–Kier alpha value is -2.24. The highest BCUT2D eigenvalue weighted by Crippen LogP contribution is 2.29. The number of hydrogen-bond acceptors (Lipinski definition) is 6. The molecule has 0 radical (unpaired) electrons. The van der Waals surface area contributed by atoms with E-state index in [-0.39, 0.29) is 6.10 Å². The first-order chi connectivity index (χ1) is 9.56. The quantitative estimate of drug-likeness (QED) is 0.788. The molecule has 0 aliphatic rings. The average molecular weight is 276 g/mol. The zero-order valence-corrected chi connectivity index (χ0v) is 12.0. The summed E-state index contributed by atoms with van der Waals surface area (Å²) < 4.78 is 10.6. The van der Waals surface area contributed by atoms with Crippen molar-refractivity contribution in [2.24, 2.45) is 0 Å². The number of benzene rings is 1. The molecule has 2 aromatic rings. The number of para-hydroxylation sites is 1. The molecule has 0 fully saturated rings. The number of rotatable bonds is 6. The van der Waals surface area contributed by atoms with Gasteiger partial charge in [-0.2, -0.15) is 4.98 Å². The summed E-state index contributed by atoms with van der Waals surface area (Å²) in [4.78, 5) is 4.15. The predicted molar refractivity (Wildman–Crippen MR) is 77.8 cm³/mol. The molecule has 1 heterocycles.